The van der Waals surface area contributed by atoms with Crippen LogP contribution in [0.1, 0.15) is 10.5 Å². The van der Waals surface area contributed by atoms with Crippen LogP contribution < -0.4 is 5.32 Å². The van der Waals surface area contributed by atoms with E-state index in [4.69, 9.17) is 11.6 Å². The Labute approximate surface area is 141 Å². The van der Waals surface area contributed by atoms with Crippen molar-refractivity contribution < 1.29 is 9.90 Å². The second-order valence-corrected chi connectivity index (χ2v) is 5.70. The van der Waals surface area contributed by atoms with Gasteiger partial charge in [0.05, 0.1) is 11.0 Å². The summed E-state index contributed by atoms with van der Waals surface area (Å²) in [6.07, 6.45) is 3.35. The zero-order valence-corrected chi connectivity index (χ0v) is 13.0. The molecule has 1 aromatic carbocycles. The maximum atomic E-state index is 11.2. The average Bonchev–Trinajstić information content (AvgIpc) is 3.00. The number of carboxylic acid groups (broad SMARTS) is 1. The lowest BCUT2D eigenvalue weighted by Gasteiger charge is -2.10. The second-order valence-electron chi connectivity index (χ2n) is 5.27. The van der Waals surface area contributed by atoms with Crippen molar-refractivity contribution >= 4 is 50.9 Å². The second kappa shape index (κ2) is 5.50. The highest BCUT2D eigenvalue weighted by atomic mass is 35.5. The molecule has 6 nitrogen and oxygen atoms in total. The largest absolute Gasteiger partial charge is 0.477 e. The topological polar surface area (TPSA) is 90.9 Å². The number of aromatic nitrogens is 3. The van der Waals surface area contributed by atoms with Crippen LogP contribution in [-0.4, -0.2) is 26.0 Å². The first-order chi connectivity index (χ1) is 11.6. The smallest absolute Gasteiger partial charge is 0.352 e. The number of nitrogens with one attached hydrogen (secondary N) is 2. The molecule has 3 heterocycles. The van der Waals surface area contributed by atoms with E-state index in [0.29, 0.717) is 21.9 Å². The summed E-state index contributed by atoms with van der Waals surface area (Å²) < 4.78 is 0. The molecule has 3 aromatic heterocycles. The number of H-pyrrole nitrogens is 1. The van der Waals surface area contributed by atoms with Crippen LogP contribution in [-0.2, 0) is 0 Å². The van der Waals surface area contributed by atoms with Crippen LogP contribution in [0.2, 0.25) is 5.02 Å². The Hall–Kier alpha value is -3.12. The molecule has 0 saturated carbocycles. The van der Waals surface area contributed by atoms with Crippen LogP contribution >= 0.6 is 11.6 Å². The van der Waals surface area contributed by atoms with Gasteiger partial charge in [-0.05, 0) is 30.3 Å². The maximum absolute atomic E-state index is 11.2. The number of rotatable bonds is 3. The van der Waals surface area contributed by atoms with Gasteiger partial charge in [-0.3, -0.25) is 4.98 Å². The van der Waals surface area contributed by atoms with Crippen molar-refractivity contribution in [1.82, 2.24) is 15.0 Å². The Morgan fingerprint density at radius 2 is 2.08 bits per heavy atom. The molecule has 118 valence electrons. The molecule has 4 aromatic rings. The first kappa shape index (κ1) is 14.5. The Bertz CT molecular complexity index is 1090. The monoisotopic (exact) mass is 338 g/mol. The molecule has 0 radical (unpaired) electrons. The predicted molar refractivity (Wildman–Crippen MR) is 93.1 cm³/mol. The lowest BCUT2D eigenvalue weighted by molar-refractivity contribution is 0.0691. The number of halogens is 1. The highest BCUT2D eigenvalue weighted by Crippen LogP contribution is 2.31. The normalized spacial score (nSPS) is 11.0. The third-order valence-electron chi connectivity index (χ3n) is 3.69. The standard InChI is InChI=1S/C17H11ClN4O2/c18-9-2-1-3-10(6-9)20-16-11-4-5-19-8-12(11)15-13(22-16)7-14(21-15)17(23)24/h1-8,21H,(H,20,22)(H,23,24). The van der Waals surface area contributed by atoms with Crippen molar-refractivity contribution in [3.05, 3.63) is 59.5 Å². The fraction of sp³-hybridized carbons (Fsp3) is 0. The molecule has 0 aliphatic rings. The number of fused-ring (bicyclic) bond motifs is 3. The Morgan fingerprint density at radius 1 is 1.21 bits per heavy atom. The van der Waals surface area contributed by atoms with Gasteiger partial charge in [0.2, 0.25) is 0 Å². The van der Waals surface area contributed by atoms with Gasteiger partial charge in [0.15, 0.2) is 0 Å². The van der Waals surface area contributed by atoms with Crippen molar-refractivity contribution in [3.63, 3.8) is 0 Å². The number of nitrogens with zero attached hydrogens (tertiary/aromatic N) is 2. The molecule has 0 bridgehead atoms. The van der Waals surface area contributed by atoms with Crippen LogP contribution in [0.3, 0.4) is 0 Å². The molecule has 0 spiro atoms. The Kier molecular flexibility index (Phi) is 3.32. The molecule has 0 aliphatic heterocycles. The van der Waals surface area contributed by atoms with Gasteiger partial charge in [-0.1, -0.05) is 17.7 Å². The summed E-state index contributed by atoms with van der Waals surface area (Å²) in [4.78, 5) is 22.8. The quantitative estimate of drug-likeness (QED) is 0.520. The molecule has 0 aliphatic carbocycles. The fourth-order valence-electron chi connectivity index (χ4n) is 2.63. The lowest BCUT2D eigenvalue weighted by atomic mass is 10.2. The summed E-state index contributed by atoms with van der Waals surface area (Å²) in [7, 11) is 0. The summed E-state index contributed by atoms with van der Waals surface area (Å²) in [6, 6.07) is 10.6. The molecule has 0 saturated heterocycles. The van der Waals surface area contributed by atoms with Gasteiger partial charge in [0.25, 0.3) is 0 Å². The number of hydrogen-bond donors (Lipinski definition) is 3. The number of carboxylic acids is 1. The molecular weight excluding hydrogens is 328 g/mol. The molecular formula is C17H11ClN4O2. The highest BCUT2D eigenvalue weighted by molar-refractivity contribution is 6.30. The van der Waals surface area contributed by atoms with Gasteiger partial charge < -0.3 is 15.4 Å². The SMILES string of the molecule is O=C(O)c1cc2nc(Nc3cccc(Cl)c3)c3ccncc3c2[nH]1. The average molecular weight is 339 g/mol. The van der Waals surface area contributed by atoms with Gasteiger partial charge in [-0.15, -0.1) is 0 Å². The number of benzene rings is 1. The van der Waals surface area contributed by atoms with Gasteiger partial charge in [0, 0.05) is 33.9 Å². The van der Waals surface area contributed by atoms with E-state index < -0.39 is 5.97 Å². The molecule has 24 heavy (non-hydrogen) atoms. The summed E-state index contributed by atoms with van der Waals surface area (Å²) in [5, 5.41) is 14.7. The molecule has 0 atom stereocenters. The van der Waals surface area contributed by atoms with Crippen molar-refractivity contribution in [3.8, 4) is 0 Å². The minimum absolute atomic E-state index is 0.0857. The zero-order chi connectivity index (χ0) is 16.7. The van der Waals surface area contributed by atoms with Gasteiger partial charge in [-0.25, -0.2) is 9.78 Å². The van der Waals surface area contributed by atoms with Crippen molar-refractivity contribution in [1.29, 1.82) is 0 Å². The highest BCUT2D eigenvalue weighted by Gasteiger charge is 2.14. The zero-order valence-electron chi connectivity index (χ0n) is 12.2. The molecule has 0 unspecified atom stereocenters. The van der Waals surface area contributed by atoms with Crippen LogP contribution in [0, 0.1) is 0 Å². The summed E-state index contributed by atoms with van der Waals surface area (Å²) in [5.74, 6) is -0.424. The minimum Gasteiger partial charge on any atom is -0.477 e. The van der Waals surface area contributed by atoms with Crippen molar-refractivity contribution in [2.75, 3.05) is 5.32 Å². The van der Waals surface area contributed by atoms with Crippen LogP contribution in [0.5, 0.6) is 0 Å². The summed E-state index contributed by atoms with van der Waals surface area (Å²) in [5.41, 5.74) is 2.08. The van der Waals surface area contributed by atoms with E-state index >= 15 is 0 Å². The van der Waals surface area contributed by atoms with Crippen molar-refractivity contribution in [2.45, 2.75) is 0 Å². The fourth-order valence-corrected chi connectivity index (χ4v) is 2.82. The molecule has 0 fully saturated rings. The van der Waals surface area contributed by atoms with E-state index in [2.05, 4.69) is 20.3 Å². The number of carbonyl (C=O) groups is 1. The molecule has 4 rings (SSSR count). The number of pyridine rings is 2. The van der Waals surface area contributed by atoms with E-state index in [1.807, 2.05) is 18.2 Å². The lowest BCUT2D eigenvalue weighted by Crippen LogP contribution is -1.96. The van der Waals surface area contributed by atoms with Gasteiger partial charge in [0.1, 0.15) is 11.5 Å². The molecule has 0 amide bonds. The predicted octanol–water partition coefficient (Wildman–Crippen LogP) is 4.21. The van der Waals surface area contributed by atoms with Crippen LogP contribution in [0.25, 0.3) is 21.8 Å². The number of anilines is 2. The molecule has 3 N–H and O–H groups in total. The third kappa shape index (κ3) is 2.43. The van der Waals surface area contributed by atoms with E-state index in [9.17, 15) is 9.90 Å². The first-order valence-electron chi connectivity index (χ1n) is 7.14. The number of aromatic amines is 1. The number of aromatic carboxylic acids is 1. The summed E-state index contributed by atoms with van der Waals surface area (Å²) >= 11 is 6.02. The summed E-state index contributed by atoms with van der Waals surface area (Å²) in [6.45, 7) is 0. The van der Waals surface area contributed by atoms with Crippen LogP contribution in [0.15, 0.2) is 48.8 Å². The first-order valence-corrected chi connectivity index (χ1v) is 7.52. The maximum Gasteiger partial charge on any atom is 0.352 e. The molecule has 7 heteroatoms. The number of hydrogen-bond acceptors (Lipinski definition) is 4. The van der Waals surface area contributed by atoms with Gasteiger partial charge in [-0.2, -0.15) is 0 Å². The van der Waals surface area contributed by atoms with E-state index in [1.165, 1.54) is 6.07 Å². The van der Waals surface area contributed by atoms with E-state index in [-0.39, 0.29) is 5.69 Å². The van der Waals surface area contributed by atoms with Gasteiger partial charge >= 0.3 is 5.97 Å². The Balaban J connectivity index is 1.94. The van der Waals surface area contributed by atoms with Crippen molar-refractivity contribution in [2.24, 2.45) is 0 Å². The van der Waals surface area contributed by atoms with E-state index in [0.717, 1.165) is 16.5 Å². The Morgan fingerprint density at radius 3 is 2.88 bits per heavy atom. The van der Waals surface area contributed by atoms with Crippen LogP contribution in [0.4, 0.5) is 11.5 Å². The minimum atomic E-state index is -1.03. The third-order valence-corrected chi connectivity index (χ3v) is 3.93. The van der Waals surface area contributed by atoms with E-state index in [1.54, 1.807) is 24.5 Å².